The molecule has 0 saturated carbocycles. The summed E-state index contributed by atoms with van der Waals surface area (Å²) < 4.78 is 37.1. The molecular formula is C40H41N3O10S. The van der Waals surface area contributed by atoms with Crippen LogP contribution in [-0.4, -0.2) is 90.1 Å². The number of benzene rings is 3. The maximum atomic E-state index is 14.7. The molecule has 1 aromatic heterocycles. The Labute approximate surface area is 315 Å². The Bertz CT molecular complexity index is 2290. The van der Waals surface area contributed by atoms with E-state index < -0.39 is 47.1 Å². The van der Waals surface area contributed by atoms with Gasteiger partial charge in [0.1, 0.15) is 29.9 Å². The Morgan fingerprint density at radius 1 is 1.09 bits per heavy atom. The van der Waals surface area contributed by atoms with E-state index in [0.717, 1.165) is 27.6 Å². The highest BCUT2D eigenvalue weighted by molar-refractivity contribution is 7.99. The summed E-state index contributed by atoms with van der Waals surface area (Å²) in [5.41, 5.74) is 4.74. The average Bonchev–Trinajstić information content (AvgIpc) is 3.80. The van der Waals surface area contributed by atoms with Gasteiger partial charge in [-0.15, -0.1) is 11.8 Å². The third-order valence-electron chi connectivity index (χ3n) is 12.5. The molecule has 282 valence electrons. The number of aromatic hydroxyl groups is 1. The molecule has 3 N–H and O–H groups in total. The molecule has 3 aromatic carbocycles. The lowest BCUT2D eigenvalue weighted by Crippen LogP contribution is -2.70. The Morgan fingerprint density at radius 3 is 2.69 bits per heavy atom. The van der Waals surface area contributed by atoms with Crippen LogP contribution in [0.5, 0.6) is 28.7 Å². The van der Waals surface area contributed by atoms with E-state index in [2.05, 4.69) is 10.2 Å². The van der Waals surface area contributed by atoms with Crippen LogP contribution in [-0.2, 0) is 32.7 Å². The number of carbonyl (C=O) groups excluding carboxylic acids is 2. The number of rotatable bonds is 2. The summed E-state index contributed by atoms with van der Waals surface area (Å²) >= 11 is 1.50. The number of ether oxygens (including phenoxy) is 5. The van der Waals surface area contributed by atoms with Crippen LogP contribution in [0.15, 0.2) is 34.7 Å². The molecule has 54 heavy (non-hydrogen) atoms. The molecule has 2 saturated heterocycles. The zero-order valence-electron chi connectivity index (χ0n) is 30.6. The second-order valence-corrected chi connectivity index (χ2v) is 16.3. The number of thioether (sulfide) groups is 1. The zero-order valence-corrected chi connectivity index (χ0v) is 31.4. The van der Waals surface area contributed by atoms with Crippen molar-refractivity contribution in [2.75, 3.05) is 39.9 Å². The van der Waals surface area contributed by atoms with Crippen LogP contribution in [0.1, 0.15) is 69.0 Å². The fourth-order valence-electron chi connectivity index (χ4n) is 10.3. The quantitative estimate of drug-likeness (QED) is 0.195. The van der Waals surface area contributed by atoms with Crippen molar-refractivity contribution in [3.8, 4) is 28.7 Å². The minimum Gasteiger partial charge on any atom is -0.504 e. The second kappa shape index (κ2) is 12.0. The summed E-state index contributed by atoms with van der Waals surface area (Å²) in [6.45, 7) is 5.44. The molecule has 4 bridgehead atoms. The minimum absolute atomic E-state index is 0.0430. The van der Waals surface area contributed by atoms with Gasteiger partial charge in [-0.3, -0.25) is 19.9 Å². The smallest absolute Gasteiger partial charge is 0.335 e. The fourth-order valence-corrected chi connectivity index (χ4v) is 11.9. The van der Waals surface area contributed by atoms with Crippen molar-refractivity contribution in [3.63, 3.8) is 0 Å². The molecule has 2 fully saturated rings. The fraction of sp³-hybridized carbons (Fsp3) is 0.450. The van der Waals surface area contributed by atoms with Crippen LogP contribution in [0.25, 0.3) is 11.0 Å². The SMILES string of the molecule is COc1c(C)cc2c(c1O)[C@@H]1[C@@H]3[C@@H]4SC[C@]5(NCCc6c5oc5ccccc65)C(=O)OC[C@@H](c5c6c(c(C)c(OC(C)=O)c54)OCO6)N3[C@@H](O)[C@H](C2)N1C. The van der Waals surface area contributed by atoms with E-state index in [9.17, 15) is 19.8 Å². The summed E-state index contributed by atoms with van der Waals surface area (Å²) in [7, 11) is 3.53. The van der Waals surface area contributed by atoms with Crippen LogP contribution >= 0.6 is 11.8 Å². The van der Waals surface area contributed by atoms with Crippen molar-refractivity contribution in [2.45, 2.75) is 74.8 Å². The number of para-hydroxylation sites is 1. The first-order chi connectivity index (χ1) is 26.1. The molecule has 0 amide bonds. The van der Waals surface area contributed by atoms with Crippen molar-refractivity contribution in [1.82, 2.24) is 15.1 Å². The predicted molar refractivity (Wildman–Crippen MR) is 196 cm³/mol. The lowest BCUT2D eigenvalue weighted by Gasteiger charge is -2.62. The molecule has 7 atom stereocenters. The van der Waals surface area contributed by atoms with Crippen molar-refractivity contribution < 1.29 is 47.9 Å². The molecule has 0 aliphatic carbocycles. The van der Waals surface area contributed by atoms with Gasteiger partial charge in [-0.2, -0.15) is 0 Å². The predicted octanol–water partition coefficient (Wildman–Crippen LogP) is 4.45. The summed E-state index contributed by atoms with van der Waals surface area (Å²) in [5, 5.41) is 28.5. The number of phenolic OH excluding ortho intramolecular Hbond substituents is 1. The van der Waals surface area contributed by atoms with E-state index in [1.807, 2.05) is 56.1 Å². The van der Waals surface area contributed by atoms with Crippen LogP contribution < -0.4 is 24.3 Å². The Morgan fingerprint density at radius 2 is 1.89 bits per heavy atom. The maximum Gasteiger partial charge on any atom is 0.335 e. The number of nitrogens with one attached hydrogen (secondary N) is 1. The number of fused-ring (bicyclic) bond motifs is 11. The summed E-state index contributed by atoms with van der Waals surface area (Å²) in [4.78, 5) is 31.8. The average molecular weight is 756 g/mol. The van der Waals surface area contributed by atoms with Gasteiger partial charge in [0.15, 0.2) is 28.5 Å². The number of methoxy groups -OCH3 is 1. The summed E-state index contributed by atoms with van der Waals surface area (Å²) in [5.74, 6) is 1.47. The third-order valence-corrected chi connectivity index (χ3v) is 13.9. The highest BCUT2D eigenvalue weighted by Crippen LogP contribution is 2.64. The standard InChI is InChI=1S/C40H41N3O10S/c1-17-12-20-13-23-38(46)43-24-14-49-39(47)40(37-22(10-11-41-40)21-8-6-7-9-25(21)53-37)15-54-36(30(43)29(42(23)4)26(20)31(45)32(17)48-5)28-27(24)35-34(50-16-51-35)18(2)33(28)52-19(3)44/h6-9,12,23-24,29-30,36,38,41,45-46H,10-11,13-16H2,1-5H3/t23-,24-,29+,30+,36+,38-,40+/m0/s1. The van der Waals surface area contributed by atoms with Gasteiger partial charge in [0.25, 0.3) is 0 Å². The number of hydrogen-bond donors (Lipinski definition) is 3. The van der Waals surface area contributed by atoms with Gasteiger partial charge in [0.2, 0.25) is 6.79 Å². The largest absolute Gasteiger partial charge is 0.504 e. The Balaban J connectivity index is 1.24. The van der Waals surface area contributed by atoms with E-state index in [1.165, 1.54) is 18.7 Å². The van der Waals surface area contributed by atoms with Crippen molar-refractivity contribution >= 4 is 34.7 Å². The van der Waals surface area contributed by atoms with Crippen molar-refractivity contribution in [2.24, 2.45) is 0 Å². The van der Waals surface area contributed by atoms with Gasteiger partial charge in [-0.1, -0.05) is 24.3 Å². The molecule has 0 radical (unpaired) electrons. The first kappa shape index (κ1) is 34.1. The highest BCUT2D eigenvalue weighted by Gasteiger charge is 2.62. The number of aliphatic hydroxyl groups is 1. The number of nitrogens with zero attached hydrogens (tertiary/aromatic N) is 2. The number of piperazine rings is 1. The van der Waals surface area contributed by atoms with E-state index in [-0.39, 0.29) is 30.9 Å². The number of furan rings is 1. The van der Waals surface area contributed by atoms with Gasteiger partial charge >= 0.3 is 11.9 Å². The van der Waals surface area contributed by atoms with Crippen LogP contribution in [0.4, 0.5) is 0 Å². The third kappa shape index (κ3) is 4.42. The van der Waals surface area contributed by atoms with Gasteiger partial charge in [0, 0.05) is 58.5 Å². The number of aryl methyl sites for hydroxylation is 1. The molecular weight excluding hydrogens is 715 g/mol. The van der Waals surface area contributed by atoms with Crippen LogP contribution in [0, 0.1) is 13.8 Å². The van der Waals surface area contributed by atoms with Crippen LogP contribution in [0.3, 0.4) is 0 Å². The van der Waals surface area contributed by atoms with Crippen molar-refractivity contribution in [1.29, 1.82) is 0 Å². The number of phenols is 1. The zero-order chi connectivity index (χ0) is 37.4. The first-order valence-corrected chi connectivity index (χ1v) is 19.4. The molecule has 7 aliphatic rings. The molecule has 0 unspecified atom stereocenters. The summed E-state index contributed by atoms with van der Waals surface area (Å²) in [6, 6.07) is 7.72. The van der Waals surface area contributed by atoms with E-state index in [0.29, 0.717) is 70.4 Å². The van der Waals surface area contributed by atoms with E-state index in [4.69, 9.17) is 28.1 Å². The summed E-state index contributed by atoms with van der Waals surface area (Å²) in [6.07, 6.45) is 0.122. The van der Waals surface area contributed by atoms with Crippen molar-refractivity contribution in [3.05, 3.63) is 75.0 Å². The molecule has 4 aromatic rings. The maximum absolute atomic E-state index is 14.7. The lowest BCUT2D eigenvalue weighted by molar-refractivity contribution is -0.186. The molecule has 1 spiro atoms. The van der Waals surface area contributed by atoms with Gasteiger partial charge in [0.05, 0.1) is 30.5 Å². The molecule has 13 nitrogen and oxygen atoms in total. The van der Waals surface area contributed by atoms with Gasteiger partial charge in [-0.05, 0) is 50.9 Å². The Hall–Kier alpha value is -4.47. The number of aliphatic hydroxyl groups excluding tert-OH is 1. The Kier molecular flexibility index (Phi) is 7.58. The molecule has 14 heteroatoms. The number of esters is 2. The first-order valence-electron chi connectivity index (χ1n) is 18.3. The lowest BCUT2D eigenvalue weighted by atomic mass is 9.73. The van der Waals surface area contributed by atoms with Crippen LogP contribution in [0.2, 0.25) is 0 Å². The number of carbonyl (C=O) groups is 2. The van der Waals surface area contributed by atoms with Gasteiger partial charge in [-0.25, -0.2) is 4.79 Å². The number of likely N-dealkylation sites (N-methyl/N-ethyl adjacent to an activating group) is 1. The highest BCUT2D eigenvalue weighted by atomic mass is 32.2. The molecule has 8 heterocycles. The van der Waals surface area contributed by atoms with E-state index in [1.54, 1.807) is 7.11 Å². The van der Waals surface area contributed by atoms with E-state index >= 15 is 0 Å². The normalized spacial score (nSPS) is 29.6. The minimum atomic E-state index is -1.35. The second-order valence-electron chi connectivity index (χ2n) is 15.2. The monoisotopic (exact) mass is 755 g/mol. The van der Waals surface area contributed by atoms with Gasteiger partial charge < -0.3 is 38.3 Å². The number of hydrogen-bond acceptors (Lipinski definition) is 14. The topological polar surface area (TPSA) is 152 Å². The molecule has 7 aliphatic heterocycles. The molecule has 11 rings (SSSR count).